The molecule has 1 aliphatic heterocycles. The third kappa shape index (κ3) is 4.91. The van der Waals surface area contributed by atoms with Crippen LogP contribution < -0.4 is 10.1 Å². The van der Waals surface area contributed by atoms with Gasteiger partial charge in [-0.2, -0.15) is 0 Å². The molecule has 0 unspecified atom stereocenters. The zero-order valence-corrected chi connectivity index (χ0v) is 13.8. The Labute approximate surface area is 133 Å². The summed E-state index contributed by atoms with van der Waals surface area (Å²) >= 11 is 0. The number of para-hydroxylation sites is 1. The minimum Gasteiger partial charge on any atom is -0.492 e. The van der Waals surface area contributed by atoms with E-state index in [1.54, 1.807) is 0 Å². The normalized spacial score (nSPS) is 16.8. The molecule has 122 valence electrons. The summed E-state index contributed by atoms with van der Waals surface area (Å²) in [5.74, 6) is 1.82. The van der Waals surface area contributed by atoms with E-state index in [9.17, 15) is 0 Å². The predicted molar refractivity (Wildman–Crippen MR) is 89.5 cm³/mol. The Morgan fingerprint density at radius 2 is 2.09 bits per heavy atom. The van der Waals surface area contributed by atoms with E-state index in [1.807, 2.05) is 37.4 Å². The van der Waals surface area contributed by atoms with Crippen molar-refractivity contribution >= 4 is 5.96 Å². The summed E-state index contributed by atoms with van der Waals surface area (Å²) < 4.78 is 11.0. The van der Waals surface area contributed by atoms with Gasteiger partial charge in [-0.25, -0.2) is 0 Å². The molecule has 0 atom stereocenters. The van der Waals surface area contributed by atoms with Gasteiger partial charge in [0.1, 0.15) is 12.4 Å². The number of hydrogen-bond donors (Lipinski definition) is 1. The third-order valence-corrected chi connectivity index (χ3v) is 3.65. The molecule has 1 saturated heterocycles. The van der Waals surface area contributed by atoms with E-state index in [2.05, 4.69) is 24.1 Å². The van der Waals surface area contributed by atoms with Crippen LogP contribution in [0, 0.1) is 5.41 Å². The molecule has 0 bridgehead atoms. The van der Waals surface area contributed by atoms with Crippen LogP contribution in [0.5, 0.6) is 5.75 Å². The summed E-state index contributed by atoms with van der Waals surface area (Å²) in [5, 5.41) is 3.33. The fourth-order valence-corrected chi connectivity index (χ4v) is 2.20. The first-order valence-electron chi connectivity index (χ1n) is 7.88. The van der Waals surface area contributed by atoms with E-state index in [-0.39, 0.29) is 5.41 Å². The van der Waals surface area contributed by atoms with Crippen LogP contribution in [0.2, 0.25) is 0 Å². The monoisotopic (exact) mass is 305 g/mol. The van der Waals surface area contributed by atoms with Crippen molar-refractivity contribution in [1.29, 1.82) is 0 Å². The second-order valence-corrected chi connectivity index (χ2v) is 6.06. The third-order valence-electron chi connectivity index (χ3n) is 3.65. The van der Waals surface area contributed by atoms with Crippen LogP contribution in [0.4, 0.5) is 0 Å². The van der Waals surface area contributed by atoms with Crippen molar-refractivity contribution in [2.45, 2.75) is 13.8 Å². The van der Waals surface area contributed by atoms with E-state index in [4.69, 9.17) is 14.5 Å². The molecule has 2 rings (SSSR count). The molecular weight excluding hydrogens is 278 g/mol. The summed E-state index contributed by atoms with van der Waals surface area (Å²) in [6, 6.07) is 9.88. The fraction of sp³-hybridized carbons (Fsp3) is 0.588. The molecule has 0 radical (unpaired) electrons. The molecule has 1 fully saturated rings. The van der Waals surface area contributed by atoms with E-state index in [1.165, 1.54) is 0 Å². The fourth-order valence-electron chi connectivity index (χ4n) is 2.20. The number of benzene rings is 1. The van der Waals surface area contributed by atoms with E-state index in [0.717, 1.165) is 44.6 Å². The highest BCUT2D eigenvalue weighted by Crippen LogP contribution is 2.26. The molecule has 0 aromatic heterocycles. The Bertz CT molecular complexity index is 472. The van der Waals surface area contributed by atoms with Gasteiger partial charge < -0.3 is 19.7 Å². The quantitative estimate of drug-likeness (QED) is 0.618. The molecular formula is C17H27N3O2. The van der Waals surface area contributed by atoms with Crippen molar-refractivity contribution in [2.24, 2.45) is 10.4 Å². The van der Waals surface area contributed by atoms with Crippen molar-refractivity contribution in [3.63, 3.8) is 0 Å². The average Bonchev–Trinajstić information content (AvgIpc) is 2.50. The maximum absolute atomic E-state index is 5.74. The molecule has 22 heavy (non-hydrogen) atoms. The van der Waals surface area contributed by atoms with Gasteiger partial charge in [0.2, 0.25) is 0 Å². The SMILES string of the molecule is CCNC(=NCC1(C)COC1)N(C)CCOc1ccccc1. The Balaban J connectivity index is 1.80. The van der Waals surface area contributed by atoms with Gasteiger partial charge in [0, 0.05) is 19.0 Å². The van der Waals surface area contributed by atoms with Crippen LogP contribution in [-0.2, 0) is 4.74 Å². The van der Waals surface area contributed by atoms with Crippen molar-refractivity contribution in [3.05, 3.63) is 30.3 Å². The summed E-state index contributed by atoms with van der Waals surface area (Å²) in [4.78, 5) is 6.84. The van der Waals surface area contributed by atoms with Gasteiger partial charge in [-0.15, -0.1) is 0 Å². The van der Waals surface area contributed by atoms with Crippen molar-refractivity contribution in [1.82, 2.24) is 10.2 Å². The first kappa shape index (κ1) is 16.6. The number of rotatable bonds is 7. The minimum absolute atomic E-state index is 0.196. The Morgan fingerprint density at radius 3 is 2.68 bits per heavy atom. The van der Waals surface area contributed by atoms with Crippen LogP contribution in [-0.4, -0.2) is 57.4 Å². The predicted octanol–water partition coefficient (Wildman–Crippen LogP) is 2.00. The van der Waals surface area contributed by atoms with E-state index in [0.29, 0.717) is 6.61 Å². The lowest BCUT2D eigenvalue weighted by atomic mass is 9.89. The standard InChI is InChI=1S/C17H27N3O2/c1-4-18-16(19-12-17(2)13-21-14-17)20(3)10-11-22-15-8-6-5-7-9-15/h5-9H,4,10-14H2,1-3H3,(H,18,19). The maximum atomic E-state index is 5.74. The lowest BCUT2D eigenvalue weighted by Crippen LogP contribution is -2.45. The van der Waals surface area contributed by atoms with Crippen molar-refractivity contribution in [2.75, 3.05) is 46.5 Å². The summed E-state index contributed by atoms with van der Waals surface area (Å²) in [6.07, 6.45) is 0. The Kier molecular flexibility index (Phi) is 6.07. The molecule has 5 heteroatoms. The number of ether oxygens (including phenoxy) is 2. The van der Waals surface area contributed by atoms with Gasteiger partial charge in [0.15, 0.2) is 5.96 Å². The second-order valence-electron chi connectivity index (χ2n) is 6.06. The highest BCUT2D eigenvalue weighted by Gasteiger charge is 2.33. The molecule has 0 aliphatic carbocycles. The molecule has 0 amide bonds. The zero-order chi connectivity index (χ0) is 15.8. The molecule has 5 nitrogen and oxygen atoms in total. The zero-order valence-electron chi connectivity index (χ0n) is 13.8. The minimum atomic E-state index is 0.196. The smallest absolute Gasteiger partial charge is 0.193 e. The second kappa shape index (κ2) is 8.03. The number of guanidine groups is 1. The van der Waals surface area contributed by atoms with Gasteiger partial charge in [-0.05, 0) is 19.1 Å². The van der Waals surface area contributed by atoms with Crippen molar-refractivity contribution < 1.29 is 9.47 Å². The Hall–Kier alpha value is -1.75. The molecule has 1 heterocycles. The number of hydrogen-bond acceptors (Lipinski definition) is 3. The van der Waals surface area contributed by atoms with Gasteiger partial charge in [0.05, 0.1) is 26.3 Å². The van der Waals surface area contributed by atoms with Crippen LogP contribution in [0.1, 0.15) is 13.8 Å². The van der Waals surface area contributed by atoms with Crippen molar-refractivity contribution in [3.8, 4) is 5.75 Å². The average molecular weight is 305 g/mol. The van der Waals surface area contributed by atoms with Crippen LogP contribution in [0.3, 0.4) is 0 Å². The van der Waals surface area contributed by atoms with Gasteiger partial charge >= 0.3 is 0 Å². The van der Waals surface area contributed by atoms with Crippen LogP contribution >= 0.6 is 0 Å². The largest absolute Gasteiger partial charge is 0.492 e. The first-order valence-corrected chi connectivity index (χ1v) is 7.88. The molecule has 1 aromatic carbocycles. The summed E-state index contributed by atoms with van der Waals surface area (Å²) in [7, 11) is 2.04. The van der Waals surface area contributed by atoms with Gasteiger partial charge in [-0.1, -0.05) is 25.1 Å². The number of aliphatic imine (C=N–C) groups is 1. The molecule has 0 spiro atoms. The van der Waals surface area contributed by atoms with E-state index < -0.39 is 0 Å². The van der Waals surface area contributed by atoms with Crippen LogP contribution in [0.25, 0.3) is 0 Å². The Morgan fingerprint density at radius 1 is 1.36 bits per heavy atom. The molecule has 1 aliphatic rings. The maximum Gasteiger partial charge on any atom is 0.193 e. The molecule has 0 saturated carbocycles. The number of nitrogens with zero attached hydrogens (tertiary/aromatic N) is 2. The van der Waals surface area contributed by atoms with E-state index >= 15 is 0 Å². The lowest BCUT2D eigenvalue weighted by Gasteiger charge is -2.37. The molecule has 1 aromatic rings. The van der Waals surface area contributed by atoms with Gasteiger partial charge in [-0.3, -0.25) is 4.99 Å². The van der Waals surface area contributed by atoms with Gasteiger partial charge in [0.25, 0.3) is 0 Å². The lowest BCUT2D eigenvalue weighted by molar-refractivity contribution is -0.0945. The summed E-state index contributed by atoms with van der Waals surface area (Å²) in [5.41, 5.74) is 0.196. The highest BCUT2D eigenvalue weighted by atomic mass is 16.5. The molecule has 1 N–H and O–H groups in total. The number of nitrogens with one attached hydrogen (secondary N) is 1. The van der Waals surface area contributed by atoms with Crippen LogP contribution in [0.15, 0.2) is 35.3 Å². The number of likely N-dealkylation sites (N-methyl/N-ethyl adjacent to an activating group) is 1. The highest BCUT2D eigenvalue weighted by molar-refractivity contribution is 5.79. The summed E-state index contributed by atoms with van der Waals surface area (Å²) in [6.45, 7) is 8.96. The topological polar surface area (TPSA) is 46.1 Å². The first-order chi connectivity index (χ1) is 10.6.